The molecule has 0 aliphatic heterocycles. The van der Waals surface area contributed by atoms with Crippen LogP contribution >= 0.6 is 0 Å². The van der Waals surface area contributed by atoms with Crippen molar-refractivity contribution in [3.05, 3.63) is 18.2 Å². The summed E-state index contributed by atoms with van der Waals surface area (Å²) in [7, 11) is 1.56. The number of aromatic nitrogens is 1. The Hall–Kier alpha value is -2.28. The van der Waals surface area contributed by atoms with Crippen molar-refractivity contribution in [3.8, 4) is 0 Å². The fraction of sp³-hybridized carbons (Fsp3) is 0.385. The summed E-state index contributed by atoms with van der Waals surface area (Å²) in [5, 5.41) is 13.3. The topological polar surface area (TPSA) is 87.8 Å². The van der Waals surface area contributed by atoms with E-state index in [0.717, 1.165) is 0 Å². The summed E-state index contributed by atoms with van der Waals surface area (Å²) >= 11 is 0. The van der Waals surface area contributed by atoms with E-state index in [0.29, 0.717) is 22.5 Å². The molecule has 0 aliphatic rings. The van der Waals surface area contributed by atoms with Crippen LogP contribution < -0.4 is 10.4 Å². The molecule has 0 aliphatic carbocycles. The minimum absolute atomic E-state index is 0.360. The third-order valence-corrected chi connectivity index (χ3v) is 2.57. The SMILES string of the molecule is CN(C(=O)OC(C)(C)C)c1noc2cc(NO)ccc12. The second kappa shape index (κ2) is 5.01. The Kier molecular flexibility index (Phi) is 3.54. The molecule has 0 atom stereocenters. The third kappa shape index (κ3) is 2.83. The van der Waals surface area contributed by atoms with Gasteiger partial charge >= 0.3 is 6.09 Å². The summed E-state index contributed by atoms with van der Waals surface area (Å²) < 4.78 is 10.4. The monoisotopic (exact) mass is 279 g/mol. The molecule has 0 spiro atoms. The number of hydrogen-bond donors (Lipinski definition) is 2. The number of benzene rings is 1. The van der Waals surface area contributed by atoms with E-state index in [1.54, 1.807) is 46.0 Å². The van der Waals surface area contributed by atoms with Crippen LogP contribution in [0.1, 0.15) is 20.8 Å². The van der Waals surface area contributed by atoms with Crippen LogP contribution in [0.2, 0.25) is 0 Å². The van der Waals surface area contributed by atoms with Crippen LogP contribution in [0.15, 0.2) is 22.7 Å². The number of carbonyl (C=O) groups is 1. The van der Waals surface area contributed by atoms with Crippen molar-refractivity contribution < 1.29 is 19.3 Å². The average molecular weight is 279 g/mol. The Morgan fingerprint density at radius 3 is 2.75 bits per heavy atom. The van der Waals surface area contributed by atoms with Gasteiger partial charge in [0.05, 0.1) is 11.1 Å². The molecule has 1 aromatic carbocycles. The number of anilines is 2. The van der Waals surface area contributed by atoms with Crippen LogP contribution in [0.25, 0.3) is 11.0 Å². The van der Waals surface area contributed by atoms with Crippen LogP contribution in [0, 0.1) is 0 Å². The summed E-state index contributed by atoms with van der Waals surface area (Å²) in [6.07, 6.45) is -0.517. The molecule has 2 rings (SSSR count). The molecular formula is C13H17N3O4. The number of hydrogen-bond acceptors (Lipinski definition) is 6. The first kappa shape index (κ1) is 14.1. The van der Waals surface area contributed by atoms with Crippen molar-refractivity contribution in [3.63, 3.8) is 0 Å². The lowest BCUT2D eigenvalue weighted by Crippen LogP contribution is -2.34. The first-order valence-electron chi connectivity index (χ1n) is 6.08. The zero-order valence-corrected chi connectivity index (χ0v) is 11.8. The maximum atomic E-state index is 12.0. The van der Waals surface area contributed by atoms with Crippen molar-refractivity contribution in [2.75, 3.05) is 17.4 Å². The molecule has 2 N–H and O–H groups in total. The van der Waals surface area contributed by atoms with Crippen LogP contribution in [0.5, 0.6) is 0 Å². The van der Waals surface area contributed by atoms with E-state index in [1.807, 2.05) is 5.48 Å². The molecule has 1 amide bonds. The average Bonchev–Trinajstić information content (AvgIpc) is 2.78. The Morgan fingerprint density at radius 2 is 2.15 bits per heavy atom. The quantitative estimate of drug-likeness (QED) is 0.822. The van der Waals surface area contributed by atoms with Gasteiger partial charge in [0, 0.05) is 13.1 Å². The lowest BCUT2D eigenvalue weighted by atomic mass is 10.2. The minimum Gasteiger partial charge on any atom is -0.443 e. The van der Waals surface area contributed by atoms with E-state index < -0.39 is 11.7 Å². The molecule has 0 radical (unpaired) electrons. The van der Waals surface area contributed by atoms with Gasteiger partial charge in [-0.25, -0.2) is 4.79 Å². The van der Waals surface area contributed by atoms with Crippen LogP contribution in [0.4, 0.5) is 16.3 Å². The van der Waals surface area contributed by atoms with Gasteiger partial charge in [0.15, 0.2) is 11.4 Å². The largest absolute Gasteiger partial charge is 0.443 e. The van der Waals surface area contributed by atoms with Crippen LogP contribution in [-0.4, -0.2) is 29.1 Å². The summed E-state index contributed by atoms with van der Waals surface area (Å²) in [5.74, 6) is 0.360. The lowest BCUT2D eigenvalue weighted by molar-refractivity contribution is 0.0587. The highest BCUT2D eigenvalue weighted by atomic mass is 16.6. The maximum Gasteiger partial charge on any atom is 0.415 e. The van der Waals surface area contributed by atoms with Gasteiger partial charge in [-0.3, -0.25) is 15.6 Å². The van der Waals surface area contributed by atoms with E-state index in [-0.39, 0.29) is 0 Å². The Balaban J connectivity index is 2.31. The van der Waals surface area contributed by atoms with Gasteiger partial charge in [0.25, 0.3) is 0 Å². The smallest absolute Gasteiger partial charge is 0.415 e. The second-order valence-electron chi connectivity index (χ2n) is 5.37. The molecule has 1 heterocycles. The molecule has 20 heavy (non-hydrogen) atoms. The summed E-state index contributed by atoms with van der Waals surface area (Å²) in [6, 6.07) is 4.92. The summed E-state index contributed by atoms with van der Waals surface area (Å²) in [5.41, 5.74) is 2.36. The van der Waals surface area contributed by atoms with E-state index >= 15 is 0 Å². The molecule has 7 heteroatoms. The van der Waals surface area contributed by atoms with E-state index in [2.05, 4.69) is 5.16 Å². The van der Waals surface area contributed by atoms with Crippen LogP contribution in [-0.2, 0) is 4.74 Å². The molecule has 0 saturated carbocycles. The number of nitrogens with one attached hydrogen (secondary N) is 1. The predicted octanol–water partition coefficient (Wildman–Crippen LogP) is 3.00. The molecule has 1 aromatic heterocycles. The fourth-order valence-electron chi connectivity index (χ4n) is 1.65. The zero-order valence-electron chi connectivity index (χ0n) is 11.8. The number of carbonyl (C=O) groups excluding carboxylic acids is 1. The van der Waals surface area contributed by atoms with E-state index in [9.17, 15) is 4.79 Å². The Morgan fingerprint density at radius 1 is 1.45 bits per heavy atom. The van der Waals surface area contributed by atoms with E-state index in [4.69, 9.17) is 14.5 Å². The fourth-order valence-corrected chi connectivity index (χ4v) is 1.65. The number of ether oxygens (including phenoxy) is 1. The molecule has 0 bridgehead atoms. The molecule has 108 valence electrons. The second-order valence-corrected chi connectivity index (χ2v) is 5.37. The van der Waals surface area contributed by atoms with Crippen molar-refractivity contribution in [2.24, 2.45) is 0 Å². The first-order chi connectivity index (χ1) is 9.31. The predicted molar refractivity (Wildman–Crippen MR) is 74.1 cm³/mol. The molecular weight excluding hydrogens is 262 g/mol. The van der Waals surface area contributed by atoms with Crippen molar-refractivity contribution in [2.45, 2.75) is 26.4 Å². The van der Waals surface area contributed by atoms with Gasteiger partial charge in [0.1, 0.15) is 5.60 Å². The molecule has 0 unspecified atom stereocenters. The highest BCUT2D eigenvalue weighted by Gasteiger charge is 2.24. The van der Waals surface area contributed by atoms with E-state index in [1.165, 1.54) is 4.90 Å². The highest BCUT2D eigenvalue weighted by Crippen LogP contribution is 2.28. The standard InChI is InChI=1S/C13H17N3O4/c1-13(2,3)19-12(17)16(4)11-9-6-5-8(14-18)7-10(9)20-15-11/h5-7,14,18H,1-4H3. The van der Waals surface area contributed by atoms with Crippen molar-refractivity contribution >= 4 is 28.6 Å². The Labute approximate surface area is 116 Å². The van der Waals surface area contributed by atoms with Crippen LogP contribution in [0.3, 0.4) is 0 Å². The number of amides is 1. The third-order valence-electron chi connectivity index (χ3n) is 2.57. The van der Waals surface area contributed by atoms with Gasteiger partial charge < -0.3 is 9.26 Å². The molecule has 0 saturated heterocycles. The van der Waals surface area contributed by atoms with Crippen molar-refractivity contribution in [1.29, 1.82) is 0 Å². The van der Waals surface area contributed by atoms with Gasteiger partial charge in [-0.1, -0.05) is 5.16 Å². The number of nitrogens with zero attached hydrogens (tertiary/aromatic N) is 2. The van der Waals surface area contributed by atoms with Gasteiger partial charge in [0.2, 0.25) is 0 Å². The first-order valence-corrected chi connectivity index (χ1v) is 6.08. The molecule has 2 aromatic rings. The van der Waals surface area contributed by atoms with Gasteiger partial charge in [-0.15, -0.1) is 0 Å². The number of rotatable bonds is 2. The van der Waals surface area contributed by atoms with Gasteiger partial charge in [-0.2, -0.15) is 0 Å². The molecule has 7 nitrogen and oxygen atoms in total. The minimum atomic E-state index is -0.584. The zero-order chi connectivity index (χ0) is 14.9. The van der Waals surface area contributed by atoms with Gasteiger partial charge in [-0.05, 0) is 32.9 Å². The highest BCUT2D eigenvalue weighted by molar-refractivity contribution is 5.98. The maximum absolute atomic E-state index is 12.0. The number of fused-ring (bicyclic) bond motifs is 1. The lowest BCUT2D eigenvalue weighted by Gasteiger charge is -2.23. The summed E-state index contributed by atoms with van der Waals surface area (Å²) in [4.78, 5) is 13.3. The molecule has 0 fully saturated rings. The summed E-state index contributed by atoms with van der Waals surface area (Å²) in [6.45, 7) is 5.37. The normalized spacial score (nSPS) is 11.4. The van der Waals surface area contributed by atoms with Crippen molar-refractivity contribution in [1.82, 2.24) is 5.16 Å². The Bertz CT molecular complexity index is 630.